The number of carbonyl (C=O) groups excluding carboxylic acids is 1. The molecular weight excluding hydrogens is 244 g/mol. The molecule has 1 atom stereocenters. The van der Waals surface area contributed by atoms with Crippen molar-refractivity contribution in [3.05, 3.63) is 29.8 Å². The molecule has 5 nitrogen and oxygen atoms in total. The maximum atomic E-state index is 12.1. The van der Waals surface area contributed by atoms with Gasteiger partial charge in [0.05, 0.1) is 17.2 Å². The second kappa shape index (κ2) is 6.89. The Labute approximate surface area is 112 Å². The molecule has 1 amide bonds. The second-order valence-corrected chi connectivity index (χ2v) is 4.90. The summed E-state index contributed by atoms with van der Waals surface area (Å²) in [6, 6.07) is 6.33. The van der Waals surface area contributed by atoms with Gasteiger partial charge in [-0.05, 0) is 24.5 Å². The van der Waals surface area contributed by atoms with E-state index in [1.165, 1.54) is 6.07 Å². The molecule has 0 aliphatic rings. The van der Waals surface area contributed by atoms with Crippen LogP contribution in [0.3, 0.4) is 0 Å². The normalized spacial score (nSPS) is 12.2. The average molecular weight is 264 g/mol. The van der Waals surface area contributed by atoms with Crippen LogP contribution in [0.4, 0.5) is 5.69 Å². The number of hydrogen-bond donors (Lipinski definition) is 3. The summed E-state index contributed by atoms with van der Waals surface area (Å²) in [6.07, 6.45) is 0.678. The first-order chi connectivity index (χ1) is 8.95. The van der Waals surface area contributed by atoms with Crippen molar-refractivity contribution in [1.82, 2.24) is 0 Å². The minimum atomic E-state index is -1.07. The lowest BCUT2D eigenvalue weighted by molar-refractivity contribution is -0.120. The third-order valence-corrected chi connectivity index (χ3v) is 2.83. The maximum absolute atomic E-state index is 12.1. The molecule has 0 spiro atoms. The van der Waals surface area contributed by atoms with Crippen LogP contribution in [-0.2, 0) is 4.79 Å². The Morgan fingerprint density at radius 2 is 1.95 bits per heavy atom. The van der Waals surface area contributed by atoms with E-state index in [1.54, 1.807) is 18.2 Å². The van der Waals surface area contributed by atoms with Crippen LogP contribution in [0.25, 0.3) is 0 Å². The van der Waals surface area contributed by atoms with Crippen molar-refractivity contribution < 1.29 is 14.7 Å². The number of carboxylic acids is 1. The van der Waals surface area contributed by atoms with Crippen LogP contribution in [-0.4, -0.2) is 23.5 Å². The minimum Gasteiger partial charge on any atom is -0.478 e. The quantitative estimate of drug-likeness (QED) is 0.732. The number of hydrogen-bond acceptors (Lipinski definition) is 3. The molecule has 0 saturated heterocycles. The van der Waals surface area contributed by atoms with E-state index in [1.807, 2.05) is 13.8 Å². The standard InChI is InChI=1S/C14H20N2O3/c1-9(2)7-10(8-15)13(17)16-12-6-4-3-5-11(12)14(18)19/h3-6,9-10H,7-8,15H2,1-2H3,(H,16,17)(H,18,19). The number of anilines is 1. The van der Waals surface area contributed by atoms with Crippen LogP contribution in [0, 0.1) is 11.8 Å². The first-order valence-electron chi connectivity index (χ1n) is 6.29. The van der Waals surface area contributed by atoms with Gasteiger partial charge < -0.3 is 16.2 Å². The van der Waals surface area contributed by atoms with E-state index in [9.17, 15) is 9.59 Å². The Kier molecular flexibility index (Phi) is 5.51. The summed E-state index contributed by atoms with van der Waals surface area (Å²) in [5.74, 6) is -1.25. The van der Waals surface area contributed by atoms with E-state index >= 15 is 0 Å². The van der Waals surface area contributed by atoms with Crippen LogP contribution in [0.5, 0.6) is 0 Å². The summed E-state index contributed by atoms with van der Waals surface area (Å²) >= 11 is 0. The molecule has 0 aromatic heterocycles. The third-order valence-electron chi connectivity index (χ3n) is 2.83. The Morgan fingerprint density at radius 3 is 2.47 bits per heavy atom. The van der Waals surface area contributed by atoms with E-state index in [0.717, 1.165) is 0 Å². The van der Waals surface area contributed by atoms with Gasteiger partial charge in [0, 0.05) is 6.54 Å². The number of nitrogens with one attached hydrogen (secondary N) is 1. The highest BCUT2D eigenvalue weighted by Crippen LogP contribution is 2.18. The Hall–Kier alpha value is -1.88. The lowest BCUT2D eigenvalue weighted by Gasteiger charge is -2.17. The zero-order valence-electron chi connectivity index (χ0n) is 11.2. The van der Waals surface area contributed by atoms with Gasteiger partial charge in [0.25, 0.3) is 0 Å². The highest BCUT2D eigenvalue weighted by molar-refractivity contribution is 6.01. The number of amides is 1. The molecular formula is C14H20N2O3. The molecule has 0 fully saturated rings. The minimum absolute atomic E-state index is 0.0798. The van der Waals surface area contributed by atoms with Crippen molar-refractivity contribution in [2.24, 2.45) is 17.6 Å². The molecule has 19 heavy (non-hydrogen) atoms. The van der Waals surface area contributed by atoms with Crippen LogP contribution in [0.2, 0.25) is 0 Å². The van der Waals surface area contributed by atoms with E-state index in [2.05, 4.69) is 5.32 Å². The van der Waals surface area contributed by atoms with Crippen molar-refractivity contribution in [2.45, 2.75) is 20.3 Å². The molecule has 1 aromatic carbocycles. The number of benzene rings is 1. The van der Waals surface area contributed by atoms with Crippen molar-refractivity contribution >= 4 is 17.6 Å². The Morgan fingerprint density at radius 1 is 1.32 bits per heavy atom. The van der Waals surface area contributed by atoms with E-state index < -0.39 is 5.97 Å². The molecule has 0 heterocycles. The molecule has 1 unspecified atom stereocenters. The molecule has 4 N–H and O–H groups in total. The van der Waals surface area contributed by atoms with Gasteiger partial charge in [0.2, 0.25) is 5.91 Å². The zero-order valence-corrected chi connectivity index (χ0v) is 11.2. The number of nitrogens with two attached hydrogens (primary N) is 1. The lowest BCUT2D eigenvalue weighted by atomic mass is 9.96. The van der Waals surface area contributed by atoms with Crippen molar-refractivity contribution in [3.8, 4) is 0 Å². The summed E-state index contributed by atoms with van der Waals surface area (Å²) in [4.78, 5) is 23.1. The summed E-state index contributed by atoms with van der Waals surface area (Å²) in [6.45, 7) is 4.28. The van der Waals surface area contributed by atoms with Crippen LogP contribution < -0.4 is 11.1 Å². The lowest BCUT2D eigenvalue weighted by Crippen LogP contribution is -2.30. The van der Waals surface area contributed by atoms with Crippen molar-refractivity contribution in [1.29, 1.82) is 0 Å². The van der Waals surface area contributed by atoms with Crippen molar-refractivity contribution in [3.63, 3.8) is 0 Å². The molecule has 0 saturated carbocycles. The SMILES string of the molecule is CC(C)CC(CN)C(=O)Nc1ccccc1C(=O)O. The number of carbonyl (C=O) groups is 2. The van der Waals surface area contributed by atoms with Crippen LogP contribution in [0.15, 0.2) is 24.3 Å². The first-order valence-corrected chi connectivity index (χ1v) is 6.29. The van der Waals surface area contributed by atoms with Gasteiger partial charge in [-0.3, -0.25) is 4.79 Å². The second-order valence-electron chi connectivity index (χ2n) is 4.90. The maximum Gasteiger partial charge on any atom is 0.337 e. The van der Waals surface area contributed by atoms with Gasteiger partial charge >= 0.3 is 5.97 Å². The highest BCUT2D eigenvalue weighted by atomic mass is 16.4. The number of rotatable bonds is 6. The molecule has 1 aromatic rings. The molecule has 1 rings (SSSR count). The van der Waals surface area contributed by atoms with Gasteiger partial charge in [-0.25, -0.2) is 4.79 Å². The molecule has 0 aliphatic heterocycles. The number of aromatic carboxylic acids is 1. The predicted octanol–water partition coefficient (Wildman–Crippen LogP) is 1.94. The summed E-state index contributed by atoms with van der Waals surface area (Å²) < 4.78 is 0. The fourth-order valence-electron chi connectivity index (χ4n) is 1.89. The number of para-hydroxylation sites is 1. The summed E-state index contributed by atoms with van der Waals surface area (Å²) in [5, 5.41) is 11.7. The average Bonchev–Trinajstić information content (AvgIpc) is 2.35. The molecule has 0 aliphatic carbocycles. The third kappa shape index (κ3) is 4.37. The fourth-order valence-corrected chi connectivity index (χ4v) is 1.89. The molecule has 104 valence electrons. The summed E-state index contributed by atoms with van der Waals surface area (Å²) in [7, 11) is 0. The van der Waals surface area contributed by atoms with Gasteiger partial charge in [-0.2, -0.15) is 0 Å². The monoisotopic (exact) mass is 264 g/mol. The van der Waals surface area contributed by atoms with Crippen molar-refractivity contribution in [2.75, 3.05) is 11.9 Å². The molecule has 5 heteroatoms. The predicted molar refractivity (Wildman–Crippen MR) is 74.0 cm³/mol. The smallest absolute Gasteiger partial charge is 0.337 e. The van der Waals surface area contributed by atoms with E-state index in [4.69, 9.17) is 10.8 Å². The van der Waals surface area contributed by atoms with E-state index in [-0.39, 0.29) is 23.9 Å². The number of carboxylic acid groups (broad SMARTS) is 1. The topological polar surface area (TPSA) is 92.4 Å². The fraction of sp³-hybridized carbons (Fsp3) is 0.429. The van der Waals surface area contributed by atoms with Gasteiger partial charge in [-0.15, -0.1) is 0 Å². The van der Waals surface area contributed by atoms with E-state index in [0.29, 0.717) is 18.0 Å². The molecule has 0 bridgehead atoms. The van der Waals surface area contributed by atoms with Gasteiger partial charge in [0.15, 0.2) is 0 Å². The Balaban J connectivity index is 2.84. The zero-order chi connectivity index (χ0) is 14.4. The highest BCUT2D eigenvalue weighted by Gasteiger charge is 2.20. The largest absolute Gasteiger partial charge is 0.478 e. The Bertz CT molecular complexity index is 458. The van der Waals surface area contributed by atoms with Gasteiger partial charge in [-0.1, -0.05) is 26.0 Å². The van der Waals surface area contributed by atoms with Gasteiger partial charge in [0.1, 0.15) is 0 Å². The van der Waals surface area contributed by atoms with Crippen LogP contribution in [0.1, 0.15) is 30.6 Å². The molecule has 0 radical (unpaired) electrons. The summed E-state index contributed by atoms with van der Waals surface area (Å²) in [5.41, 5.74) is 5.98. The first kappa shape index (κ1) is 15.2. The van der Waals surface area contributed by atoms with Crippen LogP contribution >= 0.6 is 0 Å².